The summed E-state index contributed by atoms with van der Waals surface area (Å²) in [6.45, 7) is 4.01. The molecule has 0 spiro atoms. The molecule has 0 bridgehead atoms. The Morgan fingerprint density at radius 2 is 1.73 bits per heavy atom. The molecule has 13 nitrogen and oxygen atoms in total. The molecule has 1 fully saturated rings. The minimum absolute atomic E-state index is 0.110. The Kier molecular flexibility index (Phi) is 10.5. The van der Waals surface area contributed by atoms with Gasteiger partial charge in [-0.05, 0) is 61.0 Å². The third-order valence-electron chi connectivity index (χ3n) is 7.31. The fourth-order valence-corrected chi connectivity index (χ4v) is 5.68. The van der Waals surface area contributed by atoms with Crippen molar-refractivity contribution < 1.29 is 45.5 Å². The number of esters is 1. The Balaban J connectivity index is 1.12. The van der Waals surface area contributed by atoms with Gasteiger partial charge in [-0.25, -0.2) is 27.4 Å². The van der Waals surface area contributed by atoms with Crippen LogP contribution >= 0.6 is 0 Å². The summed E-state index contributed by atoms with van der Waals surface area (Å²) in [4.78, 5) is 29.2. The van der Waals surface area contributed by atoms with Gasteiger partial charge in [-0.15, -0.1) is 0 Å². The van der Waals surface area contributed by atoms with Gasteiger partial charge in [-0.3, -0.25) is 5.01 Å². The van der Waals surface area contributed by atoms with E-state index in [0.29, 0.717) is 30.6 Å². The molecule has 2 atom stereocenters. The number of aryl methyl sites for hydroxylation is 1. The van der Waals surface area contributed by atoms with Gasteiger partial charge in [-0.1, -0.05) is 48.0 Å². The number of carbonyl (C=O) groups is 2. The topological polar surface area (TPSA) is 154 Å². The summed E-state index contributed by atoms with van der Waals surface area (Å²) >= 11 is 0. The molecule has 2 heterocycles. The van der Waals surface area contributed by atoms with Crippen LogP contribution in [0.15, 0.2) is 100 Å². The van der Waals surface area contributed by atoms with Crippen molar-refractivity contribution in [1.29, 1.82) is 0 Å². The zero-order valence-electron chi connectivity index (χ0n) is 26.2. The molecule has 3 aromatic carbocycles. The number of sulfonamides is 1. The number of halogens is 3. The minimum Gasteiger partial charge on any atom is -0.448 e. The Bertz CT molecular complexity index is 1900. The molecule has 0 aliphatic carbocycles. The van der Waals surface area contributed by atoms with Gasteiger partial charge < -0.3 is 14.3 Å². The summed E-state index contributed by atoms with van der Waals surface area (Å²) in [6.07, 6.45) is -6.34. The van der Waals surface area contributed by atoms with E-state index in [1.807, 2.05) is 11.6 Å². The molecule has 4 aromatic rings. The van der Waals surface area contributed by atoms with Crippen molar-refractivity contribution in [2.24, 2.45) is 16.4 Å². The Hall–Kier alpha value is -5.45. The summed E-state index contributed by atoms with van der Waals surface area (Å²) in [6, 6.07) is 21.0. The van der Waals surface area contributed by atoms with E-state index < -0.39 is 40.2 Å². The first-order valence-corrected chi connectivity index (χ1v) is 16.4. The number of nitrogens with zero attached hydrogens (tertiary/aromatic N) is 5. The maximum atomic E-state index is 13.5. The van der Waals surface area contributed by atoms with Crippen LogP contribution in [-0.2, 0) is 30.5 Å². The number of aromatic nitrogens is 2. The van der Waals surface area contributed by atoms with Crippen LogP contribution in [0.3, 0.4) is 0 Å². The molecule has 2 unspecified atom stereocenters. The molecule has 49 heavy (non-hydrogen) atoms. The SMILES string of the molecule is Cc1ccc(-c2cc(C(F)(F)F)nn2-c2ccc(S(=O)(=O)NC(=O)OCC3CCN(/N=N\OC(C)OC(=O)c4ccccc4)C3)cc2)cc1. The van der Waals surface area contributed by atoms with Crippen LogP contribution in [0, 0.1) is 12.8 Å². The summed E-state index contributed by atoms with van der Waals surface area (Å²) < 4.78 is 79.4. The third kappa shape index (κ3) is 9.13. The maximum Gasteiger partial charge on any atom is 0.435 e. The highest BCUT2D eigenvalue weighted by Crippen LogP contribution is 2.33. The van der Waals surface area contributed by atoms with Crippen LogP contribution in [0.2, 0.25) is 0 Å². The van der Waals surface area contributed by atoms with Crippen molar-refractivity contribution in [1.82, 2.24) is 19.5 Å². The lowest BCUT2D eigenvalue weighted by Gasteiger charge is -2.13. The number of rotatable bonds is 11. The van der Waals surface area contributed by atoms with E-state index in [2.05, 4.69) is 15.6 Å². The number of nitrogens with one attached hydrogen (secondary N) is 1. The first-order chi connectivity index (χ1) is 23.3. The minimum atomic E-state index is -4.70. The fraction of sp³-hybridized carbons (Fsp3) is 0.281. The highest BCUT2D eigenvalue weighted by atomic mass is 32.2. The zero-order valence-corrected chi connectivity index (χ0v) is 27.0. The van der Waals surface area contributed by atoms with Crippen LogP contribution in [0.4, 0.5) is 18.0 Å². The fourth-order valence-electron chi connectivity index (χ4n) is 4.79. The molecule has 1 aliphatic rings. The molecule has 258 valence electrons. The van der Waals surface area contributed by atoms with E-state index in [4.69, 9.17) is 14.3 Å². The van der Waals surface area contributed by atoms with Crippen molar-refractivity contribution in [3.8, 4) is 16.9 Å². The second-order valence-electron chi connectivity index (χ2n) is 11.1. The van der Waals surface area contributed by atoms with Crippen molar-refractivity contribution in [2.75, 3.05) is 19.7 Å². The lowest BCUT2D eigenvalue weighted by atomic mass is 10.1. The Morgan fingerprint density at radius 3 is 2.41 bits per heavy atom. The van der Waals surface area contributed by atoms with Crippen LogP contribution in [0.25, 0.3) is 16.9 Å². The average molecular weight is 701 g/mol. The highest BCUT2D eigenvalue weighted by molar-refractivity contribution is 7.90. The number of ether oxygens (including phenoxy) is 2. The molecule has 17 heteroatoms. The van der Waals surface area contributed by atoms with Crippen LogP contribution in [0.5, 0.6) is 0 Å². The summed E-state index contributed by atoms with van der Waals surface area (Å²) in [5, 5.41) is 12.8. The normalized spacial score (nSPS) is 15.6. The lowest BCUT2D eigenvalue weighted by Crippen LogP contribution is -2.32. The third-order valence-corrected chi connectivity index (χ3v) is 8.64. The molecular formula is C32H31F3N6O7S. The van der Waals surface area contributed by atoms with Crippen LogP contribution in [-0.4, -0.2) is 61.3 Å². The standard InChI is InChI=1S/C32H31F3N6O7S/c1-21-8-10-24(11-9-21)28-18-29(32(33,34)35)36-41(28)26-12-14-27(15-13-26)49(44,45)37-31(43)46-20-23-16-17-40(19-23)38-39-48-22(2)47-30(42)25-6-4-3-5-7-25/h3-15,18,22-23H,16-17,19-20H2,1-2H3,(H,37,43)/b39-38-. The van der Waals surface area contributed by atoms with Gasteiger partial charge in [-0.2, -0.15) is 18.3 Å². The number of amides is 1. The monoisotopic (exact) mass is 700 g/mol. The van der Waals surface area contributed by atoms with E-state index in [0.717, 1.165) is 28.4 Å². The summed E-state index contributed by atoms with van der Waals surface area (Å²) in [5.74, 6) is -0.762. The first-order valence-electron chi connectivity index (χ1n) is 14.9. The second-order valence-corrected chi connectivity index (χ2v) is 12.8. The van der Waals surface area contributed by atoms with Gasteiger partial charge >= 0.3 is 18.2 Å². The van der Waals surface area contributed by atoms with E-state index >= 15 is 0 Å². The van der Waals surface area contributed by atoms with Crippen molar-refractivity contribution in [2.45, 2.75) is 37.6 Å². The van der Waals surface area contributed by atoms with Gasteiger partial charge in [0.05, 0.1) is 28.4 Å². The van der Waals surface area contributed by atoms with Gasteiger partial charge in [0.15, 0.2) is 5.69 Å². The number of carbonyl (C=O) groups excluding carboxylic acids is 2. The summed E-state index contributed by atoms with van der Waals surface area (Å²) in [5.41, 5.74) is 0.971. The van der Waals surface area contributed by atoms with Gasteiger partial charge in [0.2, 0.25) is 0 Å². The maximum absolute atomic E-state index is 13.5. The first kappa shape index (κ1) is 34.9. The smallest absolute Gasteiger partial charge is 0.435 e. The van der Waals surface area contributed by atoms with E-state index in [1.54, 1.807) is 59.6 Å². The average Bonchev–Trinajstić information content (AvgIpc) is 3.72. The molecule has 0 saturated carbocycles. The molecule has 0 radical (unpaired) electrons. The number of hydrogen-bond acceptors (Lipinski definition) is 10. The van der Waals surface area contributed by atoms with Crippen molar-refractivity contribution in [3.63, 3.8) is 0 Å². The van der Waals surface area contributed by atoms with Crippen LogP contribution < -0.4 is 4.72 Å². The van der Waals surface area contributed by atoms with Gasteiger partial charge in [0.25, 0.3) is 16.3 Å². The molecule has 1 amide bonds. The quantitative estimate of drug-likeness (QED) is 0.0846. The number of hydrogen-bond donors (Lipinski definition) is 1. The Labute approximate surface area is 279 Å². The predicted molar refractivity (Wildman–Crippen MR) is 167 cm³/mol. The molecule has 1 saturated heterocycles. The van der Waals surface area contributed by atoms with Crippen LogP contribution in [0.1, 0.15) is 35.0 Å². The molecular weight excluding hydrogens is 669 g/mol. The van der Waals surface area contributed by atoms with Crippen molar-refractivity contribution >= 4 is 22.1 Å². The van der Waals surface area contributed by atoms with E-state index in [9.17, 15) is 31.2 Å². The largest absolute Gasteiger partial charge is 0.448 e. The molecule has 1 aromatic heterocycles. The Morgan fingerprint density at radius 1 is 1.04 bits per heavy atom. The van der Waals surface area contributed by atoms with E-state index in [1.165, 1.54) is 19.1 Å². The molecule has 1 N–H and O–H groups in total. The summed E-state index contributed by atoms with van der Waals surface area (Å²) in [7, 11) is -4.38. The molecule has 5 rings (SSSR count). The number of benzene rings is 3. The second kappa shape index (κ2) is 14.8. The highest BCUT2D eigenvalue weighted by Gasteiger charge is 2.35. The number of alkyl halides is 3. The van der Waals surface area contributed by atoms with E-state index in [-0.39, 0.29) is 28.8 Å². The van der Waals surface area contributed by atoms with Gasteiger partial charge in [0.1, 0.15) is 0 Å². The molecule has 1 aliphatic heterocycles. The predicted octanol–water partition coefficient (Wildman–Crippen LogP) is 6.11. The lowest BCUT2D eigenvalue weighted by molar-refractivity contribution is -0.141. The zero-order chi connectivity index (χ0) is 35.2. The van der Waals surface area contributed by atoms with Crippen molar-refractivity contribution in [3.05, 3.63) is 102 Å². The van der Waals surface area contributed by atoms with Gasteiger partial charge in [0, 0.05) is 36.8 Å².